The number of aromatic nitrogens is 1. The van der Waals surface area contributed by atoms with Crippen LogP contribution in [0.25, 0.3) is 0 Å². The lowest BCUT2D eigenvalue weighted by Crippen LogP contribution is -2.32. The van der Waals surface area contributed by atoms with Crippen molar-refractivity contribution in [1.29, 1.82) is 0 Å². The molecule has 1 atom stereocenters. The normalized spacial score (nSPS) is 20.9. The first-order valence-electron chi connectivity index (χ1n) is 5.90. The van der Waals surface area contributed by atoms with Gasteiger partial charge in [-0.2, -0.15) is 0 Å². The van der Waals surface area contributed by atoms with Crippen LogP contribution in [0.3, 0.4) is 0 Å². The number of rotatable bonds is 3. The van der Waals surface area contributed by atoms with Gasteiger partial charge in [0.25, 0.3) is 0 Å². The molecule has 0 amide bonds. The molecule has 1 saturated heterocycles. The van der Waals surface area contributed by atoms with E-state index in [0.717, 1.165) is 16.6 Å². The van der Waals surface area contributed by atoms with E-state index in [0.29, 0.717) is 25.3 Å². The number of pyridine rings is 1. The summed E-state index contributed by atoms with van der Waals surface area (Å²) in [6.45, 7) is 2.83. The SMILES string of the molecule is Cc1ccc(Br)c(CS(=O)(=O)C2CCCOC2)n1. The molecule has 2 heterocycles. The highest BCUT2D eigenvalue weighted by molar-refractivity contribution is 9.10. The lowest BCUT2D eigenvalue weighted by atomic mass is 10.2. The van der Waals surface area contributed by atoms with Gasteiger partial charge in [0, 0.05) is 16.8 Å². The molecule has 1 aliphatic rings. The summed E-state index contributed by atoms with van der Waals surface area (Å²) in [6.07, 6.45) is 1.50. The lowest BCUT2D eigenvalue weighted by Gasteiger charge is -2.22. The first kappa shape index (κ1) is 14.0. The summed E-state index contributed by atoms with van der Waals surface area (Å²) >= 11 is 3.35. The number of sulfone groups is 1. The highest BCUT2D eigenvalue weighted by atomic mass is 79.9. The predicted octanol–water partition coefficient (Wildman–Crippen LogP) is 2.25. The number of aryl methyl sites for hydroxylation is 1. The highest BCUT2D eigenvalue weighted by Crippen LogP contribution is 2.22. The fourth-order valence-electron chi connectivity index (χ4n) is 2.00. The average molecular weight is 334 g/mol. The van der Waals surface area contributed by atoms with Crippen LogP contribution in [-0.4, -0.2) is 31.9 Å². The maximum absolute atomic E-state index is 12.3. The molecule has 0 saturated carbocycles. The van der Waals surface area contributed by atoms with E-state index in [1.165, 1.54) is 0 Å². The fraction of sp³-hybridized carbons (Fsp3) is 0.583. The quantitative estimate of drug-likeness (QED) is 0.851. The Hall–Kier alpha value is -0.460. The summed E-state index contributed by atoms with van der Waals surface area (Å²) in [5.74, 6) is -0.0245. The molecular weight excluding hydrogens is 318 g/mol. The highest BCUT2D eigenvalue weighted by Gasteiger charge is 2.29. The van der Waals surface area contributed by atoms with Crippen molar-refractivity contribution in [2.45, 2.75) is 30.8 Å². The molecule has 6 heteroatoms. The van der Waals surface area contributed by atoms with Crippen molar-refractivity contribution in [3.05, 3.63) is 28.0 Å². The van der Waals surface area contributed by atoms with Crippen molar-refractivity contribution in [1.82, 2.24) is 4.98 Å². The van der Waals surface area contributed by atoms with Gasteiger partial charge in [-0.3, -0.25) is 4.98 Å². The van der Waals surface area contributed by atoms with Gasteiger partial charge in [0.05, 0.1) is 23.3 Å². The van der Waals surface area contributed by atoms with Gasteiger partial charge >= 0.3 is 0 Å². The average Bonchev–Trinajstić information content (AvgIpc) is 2.35. The predicted molar refractivity (Wildman–Crippen MR) is 73.1 cm³/mol. The Morgan fingerprint density at radius 1 is 1.50 bits per heavy atom. The largest absolute Gasteiger partial charge is 0.380 e. The van der Waals surface area contributed by atoms with Crippen LogP contribution in [0.15, 0.2) is 16.6 Å². The van der Waals surface area contributed by atoms with Gasteiger partial charge in [-0.25, -0.2) is 8.42 Å². The molecule has 0 aliphatic carbocycles. The van der Waals surface area contributed by atoms with E-state index in [9.17, 15) is 8.42 Å². The Bertz CT molecular complexity index is 524. The van der Waals surface area contributed by atoms with Gasteiger partial charge in [-0.15, -0.1) is 0 Å². The topological polar surface area (TPSA) is 56.3 Å². The summed E-state index contributed by atoms with van der Waals surface area (Å²) in [5, 5.41) is -0.388. The van der Waals surface area contributed by atoms with Gasteiger partial charge in [0.1, 0.15) is 0 Å². The monoisotopic (exact) mass is 333 g/mol. The molecule has 2 rings (SSSR count). The Labute approximate surface area is 116 Å². The second-order valence-corrected chi connectivity index (χ2v) is 7.66. The van der Waals surface area contributed by atoms with Crippen LogP contribution in [0.4, 0.5) is 0 Å². The third kappa shape index (κ3) is 3.30. The summed E-state index contributed by atoms with van der Waals surface area (Å²) < 4.78 is 30.5. The summed E-state index contributed by atoms with van der Waals surface area (Å²) in [7, 11) is -3.19. The Kier molecular flexibility index (Phi) is 4.40. The molecule has 18 heavy (non-hydrogen) atoms. The van der Waals surface area contributed by atoms with E-state index >= 15 is 0 Å². The van der Waals surface area contributed by atoms with E-state index in [-0.39, 0.29) is 11.0 Å². The van der Waals surface area contributed by atoms with E-state index in [4.69, 9.17) is 4.74 Å². The molecule has 0 bridgehead atoms. The van der Waals surface area contributed by atoms with Crippen LogP contribution < -0.4 is 0 Å². The summed E-state index contributed by atoms with van der Waals surface area (Å²) in [6, 6.07) is 3.69. The van der Waals surface area contributed by atoms with Crippen molar-refractivity contribution < 1.29 is 13.2 Å². The van der Waals surface area contributed by atoms with Gasteiger partial charge < -0.3 is 4.74 Å². The van der Waals surface area contributed by atoms with E-state index < -0.39 is 9.84 Å². The van der Waals surface area contributed by atoms with Crippen LogP contribution in [-0.2, 0) is 20.3 Å². The summed E-state index contributed by atoms with van der Waals surface area (Å²) in [5.41, 5.74) is 1.41. The minimum atomic E-state index is -3.19. The minimum Gasteiger partial charge on any atom is -0.380 e. The van der Waals surface area contributed by atoms with Crippen LogP contribution in [0.5, 0.6) is 0 Å². The molecule has 100 valence electrons. The van der Waals surface area contributed by atoms with Gasteiger partial charge in [-0.1, -0.05) is 0 Å². The van der Waals surface area contributed by atoms with E-state index in [1.54, 1.807) is 0 Å². The first-order valence-corrected chi connectivity index (χ1v) is 8.41. The number of hydrogen-bond acceptors (Lipinski definition) is 4. The van der Waals surface area contributed by atoms with Crippen molar-refractivity contribution in [3.8, 4) is 0 Å². The lowest BCUT2D eigenvalue weighted by molar-refractivity contribution is 0.0990. The summed E-state index contributed by atoms with van der Waals surface area (Å²) in [4.78, 5) is 4.29. The van der Waals surface area contributed by atoms with E-state index in [1.807, 2.05) is 19.1 Å². The number of halogens is 1. The third-order valence-electron chi connectivity index (χ3n) is 3.02. The van der Waals surface area contributed by atoms with Crippen LogP contribution in [0.1, 0.15) is 24.2 Å². The Morgan fingerprint density at radius 2 is 2.28 bits per heavy atom. The van der Waals surface area contributed by atoms with Crippen LogP contribution in [0.2, 0.25) is 0 Å². The number of nitrogens with zero attached hydrogens (tertiary/aromatic N) is 1. The molecule has 1 aromatic heterocycles. The van der Waals surface area contributed by atoms with Gasteiger partial charge in [0.15, 0.2) is 9.84 Å². The van der Waals surface area contributed by atoms with Crippen molar-refractivity contribution in [3.63, 3.8) is 0 Å². The fourth-order valence-corrected chi connectivity index (χ4v) is 4.21. The second kappa shape index (κ2) is 5.67. The smallest absolute Gasteiger partial charge is 0.161 e. The van der Waals surface area contributed by atoms with Crippen molar-refractivity contribution in [2.75, 3.05) is 13.2 Å². The molecule has 0 spiro atoms. The van der Waals surface area contributed by atoms with Gasteiger partial charge in [-0.05, 0) is 47.8 Å². The van der Waals surface area contributed by atoms with Gasteiger partial charge in [0.2, 0.25) is 0 Å². The van der Waals surface area contributed by atoms with Crippen LogP contribution >= 0.6 is 15.9 Å². The maximum Gasteiger partial charge on any atom is 0.161 e. The Morgan fingerprint density at radius 3 is 2.94 bits per heavy atom. The first-order chi connectivity index (χ1) is 8.49. The Balaban J connectivity index is 2.18. The maximum atomic E-state index is 12.3. The molecule has 1 aromatic rings. The molecule has 0 N–H and O–H groups in total. The zero-order chi connectivity index (χ0) is 13.2. The molecule has 1 aliphatic heterocycles. The standard InChI is InChI=1S/C12H16BrNO3S/c1-9-4-5-11(13)12(14-9)8-18(15,16)10-3-2-6-17-7-10/h4-5,10H,2-3,6-8H2,1H3. The third-order valence-corrected chi connectivity index (χ3v) is 5.81. The van der Waals surface area contributed by atoms with E-state index in [2.05, 4.69) is 20.9 Å². The molecule has 4 nitrogen and oxygen atoms in total. The molecular formula is C12H16BrNO3S. The zero-order valence-corrected chi connectivity index (χ0v) is 12.6. The van der Waals surface area contributed by atoms with Crippen molar-refractivity contribution in [2.24, 2.45) is 0 Å². The number of ether oxygens (including phenoxy) is 1. The zero-order valence-electron chi connectivity index (χ0n) is 10.2. The second-order valence-electron chi connectivity index (χ2n) is 4.53. The number of hydrogen-bond donors (Lipinski definition) is 0. The molecule has 1 fully saturated rings. The van der Waals surface area contributed by atoms with Crippen LogP contribution in [0, 0.1) is 6.92 Å². The van der Waals surface area contributed by atoms with Crippen molar-refractivity contribution >= 4 is 25.8 Å². The molecule has 1 unspecified atom stereocenters. The minimum absolute atomic E-state index is 0.0245. The molecule has 0 aromatic carbocycles. The molecule has 0 radical (unpaired) electrons.